The highest BCUT2D eigenvalue weighted by Gasteiger charge is 2.42. The van der Waals surface area contributed by atoms with E-state index in [9.17, 15) is 14.4 Å². The summed E-state index contributed by atoms with van der Waals surface area (Å²) in [6.07, 6.45) is 6.03. The van der Waals surface area contributed by atoms with Crippen LogP contribution >= 0.6 is 34.5 Å². The van der Waals surface area contributed by atoms with Gasteiger partial charge in [0.25, 0.3) is 17.7 Å². The van der Waals surface area contributed by atoms with Gasteiger partial charge in [0.05, 0.1) is 50.0 Å². The summed E-state index contributed by atoms with van der Waals surface area (Å²) in [6, 6.07) is 19.3. The highest BCUT2D eigenvalue weighted by Crippen LogP contribution is 2.42. The normalized spacial score (nSPS) is 16.0. The maximum absolute atomic E-state index is 14.0. The van der Waals surface area contributed by atoms with Crippen LogP contribution in [0.25, 0.3) is 10.6 Å². The molecule has 0 aliphatic carbocycles. The number of carbonyl (C=O) groups is 3. The second-order valence-corrected chi connectivity index (χ2v) is 15.4. The molecular formula is C39H34Cl2N6O4S. The van der Waals surface area contributed by atoms with Gasteiger partial charge in [0.2, 0.25) is 0 Å². The fourth-order valence-corrected chi connectivity index (χ4v) is 8.58. The predicted molar refractivity (Wildman–Crippen MR) is 205 cm³/mol. The van der Waals surface area contributed by atoms with Crippen molar-refractivity contribution in [3.8, 4) is 10.6 Å². The number of benzene rings is 2. The average Bonchev–Trinajstić information content (AvgIpc) is 3.51. The van der Waals surface area contributed by atoms with Gasteiger partial charge < -0.3 is 25.2 Å². The van der Waals surface area contributed by atoms with Crippen LogP contribution in [-0.2, 0) is 11.2 Å². The van der Waals surface area contributed by atoms with Crippen LogP contribution in [0.1, 0.15) is 54.4 Å². The first kappa shape index (κ1) is 34.3. The van der Waals surface area contributed by atoms with Crippen LogP contribution in [0.5, 0.6) is 0 Å². The van der Waals surface area contributed by atoms with Gasteiger partial charge in [-0.15, -0.1) is 11.3 Å². The Hall–Kier alpha value is -4.81. The van der Waals surface area contributed by atoms with E-state index in [0.717, 1.165) is 55.1 Å². The summed E-state index contributed by atoms with van der Waals surface area (Å²) in [4.78, 5) is 55.4. The van der Waals surface area contributed by atoms with Crippen molar-refractivity contribution in [1.82, 2.24) is 9.97 Å². The molecule has 2 N–H and O–H groups in total. The zero-order valence-corrected chi connectivity index (χ0v) is 30.6. The molecule has 2 aromatic carbocycles. The minimum absolute atomic E-state index is 0.196. The number of pyridine rings is 2. The van der Waals surface area contributed by atoms with Gasteiger partial charge in [0.1, 0.15) is 11.5 Å². The van der Waals surface area contributed by atoms with Crippen molar-refractivity contribution in [2.24, 2.45) is 5.41 Å². The maximum atomic E-state index is 14.0. The van der Waals surface area contributed by atoms with Crippen molar-refractivity contribution in [3.05, 3.63) is 116 Å². The summed E-state index contributed by atoms with van der Waals surface area (Å²) in [5.41, 5.74) is 5.29. The number of rotatable bonds is 6. The minimum Gasteiger partial charge on any atom is -0.380 e. The van der Waals surface area contributed by atoms with Crippen molar-refractivity contribution in [1.29, 1.82) is 0 Å². The molecule has 0 bridgehead atoms. The van der Waals surface area contributed by atoms with Crippen molar-refractivity contribution in [2.75, 3.05) is 53.3 Å². The summed E-state index contributed by atoms with van der Waals surface area (Å²) in [7, 11) is 0. The molecule has 0 radical (unpaired) electrons. The van der Waals surface area contributed by atoms with E-state index >= 15 is 0 Å². The van der Waals surface area contributed by atoms with Crippen LogP contribution < -0.4 is 20.4 Å². The lowest BCUT2D eigenvalue weighted by atomic mass is 9.77. The number of aromatic nitrogens is 2. The molecule has 3 aliphatic rings. The number of thiophene rings is 1. The second-order valence-electron chi connectivity index (χ2n) is 13.5. The molecule has 3 aromatic heterocycles. The van der Waals surface area contributed by atoms with Crippen LogP contribution in [0.15, 0.2) is 79.1 Å². The molecule has 264 valence electrons. The molecule has 10 nitrogen and oxygen atoms in total. The number of ether oxygens (including phenoxy) is 1. The molecule has 0 unspecified atom stereocenters. The zero-order valence-electron chi connectivity index (χ0n) is 28.2. The summed E-state index contributed by atoms with van der Waals surface area (Å²) in [5, 5.41) is 6.54. The third kappa shape index (κ3) is 6.54. The van der Waals surface area contributed by atoms with E-state index in [2.05, 4.69) is 25.5 Å². The van der Waals surface area contributed by atoms with Gasteiger partial charge in [-0.25, -0.2) is 4.98 Å². The molecule has 3 amide bonds. The van der Waals surface area contributed by atoms with Gasteiger partial charge in [-0.1, -0.05) is 29.3 Å². The number of anilines is 4. The topological polar surface area (TPSA) is 117 Å². The third-order valence-electron chi connectivity index (χ3n) is 9.95. The number of carbonyl (C=O) groups excluding carboxylic acids is 3. The summed E-state index contributed by atoms with van der Waals surface area (Å²) >= 11 is 13.9. The smallest absolute Gasteiger partial charge is 0.265 e. The quantitative estimate of drug-likeness (QED) is 0.180. The van der Waals surface area contributed by atoms with Crippen molar-refractivity contribution in [2.45, 2.75) is 26.2 Å². The van der Waals surface area contributed by atoms with E-state index < -0.39 is 0 Å². The molecule has 1 spiro atoms. The van der Waals surface area contributed by atoms with Crippen LogP contribution in [0.2, 0.25) is 10.0 Å². The largest absolute Gasteiger partial charge is 0.380 e. The van der Waals surface area contributed by atoms with Crippen LogP contribution in [0.4, 0.5) is 22.9 Å². The first-order valence-electron chi connectivity index (χ1n) is 17.0. The maximum Gasteiger partial charge on any atom is 0.265 e. The Labute approximate surface area is 314 Å². The number of nitrogens with zero attached hydrogens (tertiary/aromatic N) is 4. The number of para-hydroxylation sites is 1. The number of halogens is 2. The third-order valence-corrected chi connectivity index (χ3v) is 11.8. The van der Waals surface area contributed by atoms with Crippen LogP contribution in [0.3, 0.4) is 0 Å². The molecular weight excluding hydrogens is 719 g/mol. The number of fused-ring (bicyclic) bond motifs is 3. The van der Waals surface area contributed by atoms with Gasteiger partial charge >= 0.3 is 0 Å². The van der Waals surface area contributed by atoms with E-state index in [-0.39, 0.29) is 23.1 Å². The van der Waals surface area contributed by atoms with Gasteiger partial charge in [0.15, 0.2) is 0 Å². The first-order valence-corrected chi connectivity index (χ1v) is 18.6. The number of hydrogen-bond acceptors (Lipinski definition) is 8. The standard InChI is InChI=1S/C39H34Cl2N6O4S/c1-23-18-27(35(43-20-23)46-16-12-39(13-17-46)21-51-22-39)36(48)44-26-9-7-24(8-10-26)38(50)47-15-11-25-19-31(52-34(25)33-30(47)6-3-14-42-33)37(49)45-32-28(40)4-2-5-29(32)41/h2-10,14,18-20H,11-13,15-17,21-22H2,1H3,(H,44,48)(H,45,49). The fourth-order valence-electron chi connectivity index (χ4n) is 6.98. The molecule has 0 saturated carbocycles. The highest BCUT2D eigenvalue weighted by atomic mass is 35.5. The Morgan fingerprint density at radius 3 is 2.35 bits per heavy atom. The van der Waals surface area contributed by atoms with E-state index in [1.807, 2.05) is 25.1 Å². The van der Waals surface area contributed by atoms with E-state index in [1.54, 1.807) is 65.8 Å². The van der Waals surface area contributed by atoms with Crippen LogP contribution in [-0.4, -0.2) is 60.5 Å². The van der Waals surface area contributed by atoms with E-state index in [4.69, 9.17) is 27.9 Å². The SMILES string of the molecule is Cc1cnc(N2CCC3(CC2)COC3)c(C(=O)Nc2ccc(C(=O)N3CCc4cc(C(=O)Nc5c(Cl)cccc5Cl)sc4-c4ncccc43)cc2)c1. The minimum atomic E-state index is -0.329. The summed E-state index contributed by atoms with van der Waals surface area (Å²) in [6.45, 7) is 5.59. The van der Waals surface area contributed by atoms with Crippen molar-refractivity contribution < 1.29 is 19.1 Å². The number of nitrogens with one attached hydrogen (secondary N) is 2. The lowest BCUT2D eigenvalue weighted by Gasteiger charge is -2.47. The van der Waals surface area contributed by atoms with Gasteiger partial charge in [-0.2, -0.15) is 0 Å². The highest BCUT2D eigenvalue weighted by molar-refractivity contribution is 7.17. The molecule has 2 fully saturated rings. The fraction of sp³-hybridized carbons (Fsp3) is 0.256. The zero-order chi connectivity index (χ0) is 36.0. The number of aryl methyl sites for hydroxylation is 1. The molecule has 6 heterocycles. The molecule has 3 aliphatic heterocycles. The number of amides is 3. The lowest BCUT2D eigenvalue weighted by Crippen LogP contribution is -2.51. The van der Waals surface area contributed by atoms with E-state index in [1.165, 1.54) is 11.3 Å². The Morgan fingerprint density at radius 2 is 1.63 bits per heavy atom. The van der Waals surface area contributed by atoms with Gasteiger partial charge in [-0.05, 0) is 98.0 Å². The Kier molecular flexibility index (Phi) is 9.21. The van der Waals surface area contributed by atoms with Crippen LogP contribution in [0, 0.1) is 12.3 Å². The Balaban J connectivity index is 0.978. The summed E-state index contributed by atoms with van der Waals surface area (Å²) < 4.78 is 5.48. The van der Waals surface area contributed by atoms with Crippen molar-refractivity contribution >= 4 is 75.1 Å². The van der Waals surface area contributed by atoms with Gasteiger partial charge in [-0.3, -0.25) is 19.4 Å². The van der Waals surface area contributed by atoms with Gasteiger partial charge in [0, 0.05) is 48.7 Å². The first-order chi connectivity index (χ1) is 25.2. The number of piperidine rings is 1. The molecule has 5 aromatic rings. The Bertz CT molecular complexity index is 2190. The summed E-state index contributed by atoms with van der Waals surface area (Å²) in [5.74, 6) is -0.0909. The monoisotopic (exact) mass is 752 g/mol. The molecule has 52 heavy (non-hydrogen) atoms. The average molecular weight is 754 g/mol. The van der Waals surface area contributed by atoms with Crippen molar-refractivity contribution in [3.63, 3.8) is 0 Å². The lowest BCUT2D eigenvalue weighted by molar-refractivity contribution is -0.124. The Morgan fingerprint density at radius 1 is 0.885 bits per heavy atom. The molecule has 0 atom stereocenters. The molecule has 13 heteroatoms. The molecule has 8 rings (SSSR count). The number of hydrogen-bond donors (Lipinski definition) is 2. The molecule has 2 saturated heterocycles. The predicted octanol–water partition coefficient (Wildman–Crippen LogP) is 8.14. The second kappa shape index (κ2) is 14.0. The van der Waals surface area contributed by atoms with E-state index in [0.29, 0.717) is 67.6 Å².